The number of carbonyl (C=O) groups is 4. The Morgan fingerprint density at radius 1 is 0.220 bits per heavy atom. The number of pyridine rings is 4. The van der Waals surface area contributed by atoms with Crippen molar-refractivity contribution in [2.24, 2.45) is 0 Å². The Balaban J connectivity index is -0.000000711. The van der Waals surface area contributed by atoms with Crippen LogP contribution in [0.25, 0.3) is 45.6 Å². The van der Waals surface area contributed by atoms with Crippen LogP contribution in [0.3, 0.4) is 0 Å². The van der Waals surface area contributed by atoms with Crippen LogP contribution in [0.5, 0.6) is 0 Å². The molecular weight excluding hydrogens is 2350 g/mol. The third kappa shape index (κ3) is 43.2. The first kappa shape index (κ1) is 128. The monoisotopic (exact) mass is 2370 g/mol. The number of alkyl halides is 48. The molecule has 0 amide bonds. The molecule has 0 aliphatic heterocycles. The maximum Gasteiger partial charge on any atom is 2.00 e. The summed E-state index contributed by atoms with van der Waals surface area (Å²) < 4.78 is 573. The van der Waals surface area contributed by atoms with Crippen molar-refractivity contribution in [3.63, 3.8) is 0 Å². The van der Waals surface area contributed by atoms with E-state index in [1.807, 2.05) is 0 Å². The summed E-state index contributed by atoms with van der Waals surface area (Å²) in [5, 5.41) is 39.3. The van der Waals surface area contributed by atoms with Gasteiger partial charge in [-0.25, -0.2) is 0 Å². The second kappa shape index (κ2) is 48.2. The van der Waals surface area contributed by atoms with Gasteiger partial charge < -0.3 is 40.4 Å². The standard InChI is InChI=1S/4C11H5F6N2.4C5H2F6O2.4Pd/c4*12-10(13,14)6-5-8(11(15,16)17)19-9(6)7-3-1-2-4-18-7;4*6-4(7,8)2(12)1-3(13)5(9,10)11;;;;/h4*1-5H;4*1,12H;;;;/q4*-1;;;;;4*+2/p-4/b;;;;4*2-1-;;;;. The number of hydrogen-bond acceptors (Lipinski definition) is 12. The van der Waals surface area contributed by atoms with E-state index in [4.69, 9.17) is 0 Å². The molecule has 132 heavy (non-hydrogen) atoms. The zero-order valence-electron chi connectivity index (χ0n) is 60.1. The number of carbonyl (C=O) groups excluding carboxylic acids is 4. The van der Waals surface area contributed by atoms with Crippen LogP contribution in [0.1, 0.15) is 45.0 Å². The molecule has 0 saturated carbocycles. The van der Waals surface area contributed by atoms with Gasteiger partial charge in [-0.15, -0.1) is 0 Å². The van der Waals surface area contributed by atoms with Gasteiger partial charge in [-0.2, -0.15) is 211 Å². The number of hydrogen-bond donors (Lipinski definition) is 0. The number of rotatable bonds is 8. The van der Waals surface area contributed by atoms with Crippen molar-refractivity contribution in [3.8, 4) is 45.6 Å². The fourth-order valence-electron chi connectivity index (χ4n) is 7.04. The third-order valence-electron chi connectivity index (χ3n) is 12.4. The van der Waals surface area contributed by atoms with Gasteiger partial charge in [0, 0.05) is 69.8 Å². The summed E-state index contributed by atoms with van der Waals surface area (Å²) in [6.07, 6.45) is -82.5. The summed E-state index contributed by atoms with van der Waals surface area (Å²) >= 11 is 0. The molecule has 0 aliphatic rings. The normalized spacial score (nSPS) is 13.0. The smallest absolute Gasteiger partial charge is 0.869 e. The molecule has 16 nitrogen and oxygen atoms in total. The minimum Gasteiger partial charge on any atom is -0.869 e. The van der Waals surface area contributed by atoms with Crippen molar-refractivity contribution in [2.75, 3.05) is 0 Å². The molecule has 8 aromatic rings. The van der Waals surface area contributed by atoms with Crippen LogP contribution in [0.4, 0.5) is 211 Å². The first-order valence-corrected chi connectivity index (χ1v) is 30.2. The molecule has 0 radical (unpaired) electrons. The topological polar surface area (TPSA) is 268 Å². The molecule has 744 valence electrons. The first-order valence-electron chi connectivity index (χ1n) is 30.2. The van der Waals surface area contributed by atoms with Gasteiger partial charge in [0.05, 0.1) is 0 Å². The van der Waals surface area contributed by atoms with Crippen LogP contribution >= 0.6 is 0 Å². The van der Waals surface area contributed by atoms with Crippen LogP contribution in [0, 0.1) is 0 Å². The average molecular weight is 2370 g/mol. The van der Waals surface area contributed by atoms with Crippen LogP contribution in [0.15, 0.2) is 169 Å². The van der Waals surface area contributed by atoms with Crippen molar-refractivity contribution < 1.29 is 332 Å². The van der Waals surface area contributed by atoms with Gasteiger partial charge in [0.2, 0.25) is 0 Å². The second-order valence-electron chi connectivity index (χ2n) is 21.9. The summed E-state index contributed by atoms with van der Waals surface area (Å²) in [6, 6.07) is 15.8. The Morgan fingerprint density at radius 3 is 0.447 bits per heavy atom. The first-order chi connectivity index (χ1) is 57.0. The van der Waals surface area contributed by atoms with E-state index >= 15 is 0 Å². The van der Waals surface area contributed by atoms with Gasteiger partial charge in [-0.1, -0.05) is 94.1 Å². The molecule has 8 rings (SSSR count). The zero-order chi connectivity index (χ0) is 100. The Kier molecular flexibility index (Phi) is 46.7. The molecule has 0 unspecified atom stereocenters. The minimum absolute atomic E-state index is 0. The molecule has 0 fully saturated rings. The van der Waals surface area contributed by atoms with E-state index < -0.39 is 237 Å². The number of nitrogens with zero attached hydrogens (tertiary/aromatic N) is 8. The minimum atomic E-state index is -5.46. The maximum absolute atomic E-state index is 12.7. The molecule has 0 aliphatic carbocycles. The van der Waals surface area contributed by atoms with Crippen molar-refractivity contribution in [2.45, 2.75) is 98.8 Å². The van der Waals surface area contributed by atoms with Gasteiger partial charge in [0.1, 0.15) is 0 Å². The van der Waals surface area contributed by atoms with E-state index in [0.29, 0.717) is 0 Å². The predicted octanol–water partition coefficient (Wildman–Crippen LogP) is 18.7. The summed E-state index contributed by atoms with van der Waals surface area (Å²) in [5.41, 5.74) is -16.4. The molecule has 68 heteroatoms. The number of aromatic nitrogens is 8. The quantitative estimate of drug-likeness (QED) is 0.0592. The Hall–Kier alpha value is -10.2. The van der Waals surface area contributed by atoms with Gasteiger partial charge in [-0.05, 0) is 95.9 Å². The maximum atomic E-state index is 12.7. The number of halogens is 48. The van der Waals surface area contributed by atoms with Crippen molar-refractivity contribution in [1.29, 1.82) is 0 Å². The molecule has 8 heterocycles. The fraction of sp³-hybridized carbons (Fsp3) is 0.250. The average Bonchev–Trinajstić information content (AvgIpc) is 1.65. The Morgan fingerprint density at radius 2 is 0.356 bits per heavy atom. The zero-order valence-corrected chi connectivity index (χ0v) is 66.3. The number of allylic oxidation sites excluding steroid dienone is 8. The SMILES string of the molecule is FC(F)(F)c1cc(C(F)(F)F)c(-c2ccccn2)[n-]1.FC(F)(F)c1cc(C(F)(F)F)c(-c2ccccn2)[n-]1.FC(F)(F)c1cc(C(F)(F)F)c(-c2ccccn2)[n-]1.FC(F)(F)c1cc(C(F)(F)F)c(-c2ccccn2)[n-]1.O=C(/C=C(\[O-])C(F)(F)F)C(F)(F)F.O=C(/C=C(\[O-])C(F)(F)F)C(F)(F)F.O=C(/C=C(\[O-])C(F)(F)F)C(F)(F)F.O=C(/C=C(\[O-])C(F)(F)F)C(F)(F)F.[Pd+2].[Pd+2].[Pd+2].[Pd+2]. The molecule has 0 aromatic carbocycles. The Bertz CT molecular complexity index is 4460. The summed E-state index contributed by atoms with van der Waals surface area (Å²) in [4.78, 5) is 65.7. The molecule has 0 N–H and O–H groups in total. The van der Waals surface area contributed by atoms with Gasteiger partial charge in [-0.3, -0.25) is 39.1 Å². The summed E-state index contributed by atoms with van der Waals surface area (Å²) in [7, 11) is 0. The molecule has 0 saturated heterocycles. The van der Waals surface area contributed by atoms with E-state index in [0.717, 1.165) is 24.3 Å². The Labute approximate surface area is 750 Å². The van der Waals surface area contributed by atoms with E-state index in [-0.39, 0.29) is 129 Å². The van der Waals surface area contributed by atoms with Crippen molar-refractivity contribution in [3.05, 3.63) is 214 Å². The largest absolute Gasteiger partial charge is 2.00 e. The third-order valence-corrected chi connectivity index (χ3v) is 12.4. The van der Waals surface area contributed by atoms with Crippen LogP contribution in [-0.4, -0.2) is 92.5 Å². The molecular formula is C64H24F48N8O8Pd4. The molecule has 0 atom stereocenters. The molecule has 8 aromatic heterocycles. The van der Waals surface area contributed by atoms with Gasteiger partial charge in [0.15, 0.2) is 0 Å². The summed E-state index contributed by atoms with van der Waals surface area (Å²) in [6.45, 7) is 0. The predicted molar refractivity (Wildman–Crippen MR) is 313 cm³/mol. The van der Waals surface area contributed by atoms with Crippen LogP contribution in [0.2, 0.25) is 0 Å². The van der Waals surface area contributed by atoms with E-state index in [1.165, 1.54) is 73.3 Å². The van der Waals surface area contributed by atoms with Crippen LogP contribution < -0.4 is 40.4 Å². The van der Waals surface area contributed by atoms with E-state index in [2.05, 4.69) is 39.9 Å². The van der Waals surface area contributed by atoms with Gasteiger partial charge in [0.25, 0.3) is 23.1 Å². The molecule has 0 spiro atoms. The second-order valence-corrected chi connectivity index (χ2v) is 21.9. The fourth-order valence-corrected chi connectivity index (χ4v) is 7.04. The van der Waals surface area contributed by atoms with E-state index in [1.54, 1.807) is 0 Å². The van der Waals surface area contributed by atoms with E-state index in [9.17, 15) is 250 Å². The summed E-state index contributed by atoms with van der Waals surface area (Å²) in [5.74, 6) is -22.6. The molecule has 0 bridgehead atoms. The van der Waals surface area contributed by atoms with Gasteiger partial charge >= 0.3 is 181 Å². The van der Waals surface area contributed by atoms with Crippen molar-refractivity contribution in [1.82, 2.24) is 39.9 Å². The number of ketones is 4. The van der Waals surface area contributed by atoms with Crippen molar-refractivity contribution >= 4 is 23.1 Å². The van der Waals surface area contributed by atoms with Crippen LogP contribution in [-0.2, 0) is 150 Å².